The molecule has 116 valence electrons. The van der Waals surface area contributed by atoms with Crippen LogP contribution >= 0.6 is 11.6 Å². The van der Waals surface area contributed by atoms with Gasteiger partial charge in [0.1, 0.15) is 0 Å². The number of benzene rings is 1. The molecule has 1 aliphatic carbocycles. The Hall–Kier alpha value is -0.610. The molecule has 1 aromatic rings. The summed E-state index contributed by atoms with van der Waals surface area (Å²) in [7, 11) is 0. The first-order valence-electron chi connectivity index (χ1n) is 8.03. The minimum Gasteiger partial charge on any atom is -0.393 e. The first-order chi connectivity index (χ1) is 10.1. The molecule has 0 aromatic heterocycles. The number of aliphatic hydroxyl groups excluding tert-OH is 1. The summed E-state index contributed by atoms with van der Waals surface area (Å²) in [6.45, 7) is 4.14. The molecule has 0 bridgehead atoms. The van der Waals surface area contributed by atoms with Crippen LogP contribution in [0.15, 0.2) is 24.3 Å². The van der Waals surface area contributed by atoms with Crippen molar-refractivity contribution in [3.63, 3.8) is 0 Å². The van der Waals surface area contributed by atoms with Crippen molar-refractivity contribution in [2.45, 2.75) is 44.4 Å². The fourth-order valence-corrected chi connectivity index (χ4v) is 4.34. The minimum atomic E-state index is -0.127. The van der Waals surface area contributed by atoms with Crippen molar-refractivity contribution >= 4 is 11.6 Å². The highest BCUT2D eigenvalue weighted by Gasteiger charge is 2.44. The van der Waals surface area contributed by atoms with Gasteiger partial charge < -0.3 is 10.8 Å². The van der Waals surface area contributed by atoms with Crippen LogP contribution in [0.3, 0.4) is 0 Å². The van der Waals surface area contributed by atoms with Crippen LogP contribution in [-0.4, -0.2) is 35.2 Å². The molecule has 3 rings (SSSR count). The standard InChI is InChI=1S/C17H25ClN2O/c1-2-15(19)17(11-4-3-5-13(18)8-11)20-9-12-6-7-16(21)14(12)10-20/h3-5,8,12,14-17,21H,2,6-7,9-10,19H2,1H3. The van der Waals surface area contributed by atoms with Crippen molar-refractivity contribution in [1.29, 1.82) is 0 Å². The van der Waals surface area contributed by atoms with Crippen molar-refractivity contribution in [3.05, 3.63) is 34.9 Å². The van der Waals surface area contributed by atoms with Gasteiger partial charge in [0.15, 0.2) is 0 Å². The molecule has 4 heteroatoms. The van der Waals surface area contributed by atoms with Crippen LogP contribution in [0.25, 0.3) is 0 Å². The zero-order valence-corrected chi connectivity index (χ0v) is 13.3. The van der Waals surface area contributed by atoms with Crippen molar-refractivity contribution < 1.29 is 5.11 Å². The lowest BCUT2D eigenvalue weighted by Gasteiger charge is -2.33. The zero-order valence-electron chi connectivity index (χ0n) is 12.6. The normalized spacial score (nSPS) is 32.1. The Morgan fingerprint density at radius 3 is 2.86 bits per heavy atom. The van der Waals surface area contributed by atoms with Gasteiger partial charge in [-0.2, -0.15) is 0 Å². The number of aliphatic hydroxyl groups is 1. The fraction of sp³-hybridized carbons (Fsp3) is 0.647. The maximum absolute atomic E-state index is 10.1. The van der Waals surface area contributed by atoms with E-state index in [1.807, 2.05) is 18.2 Å². The number of hydrogen-bond acceptors (Lipinski definition) is 3. The van der Waals surface area contributed by atoms with Gasteiger partial charge in [0.2, 0.25) is 0 Å². The Morgan fingerprint density at radius 1 is 1.38 bits per heavy atom. The van der Waals surface area contributed by atoms with Crippen molar-refractivity contribution in [3.8, 4) is 0 Å². The van der Waals surface area contributed by atoms with Crippen LogP contribution in [-0.2, 0) is 0 Å². The summed E-state index contributed by atoms with van der Waals surface area (Å²) < 4.78 is 0. The molecule has 1 heterocycles. The molecule has 2 fully saturated rings. The highest BCUT2D eigenvalue weighted by atomic mass is 35.5. The van der Waals surface area contributed by atoms with E-state index in [1.165, 1.54) is 5.56 Å². The number of likely N-dealkylation sites (tertiary alicyclic amines) is 1. The molecule has 21 heavy (non-hydrogen) atoms. The molecule has 2 aliphatic rings. The van der Waals surface area contributed by atoms with Gasteiger partial charge in [-0.25, -0.2) is 0 Å². The molecule has 5 unspecified atom stereocenters. The summed E-state index contributed by atoms with van der Waals surface area (Å²) in [6.07, 6.45) is 2.92. The molecule has 1 aromatic carbocycles. The summed E-state index contributed by atoms with van der Waals surface area (Å²) >= 11 is 6.16. The first-order valence-corrected chi connectivity index (χ1v) is 8.41. The van der Waals surface area contributed by atoms with Gasteiger partial charge >= 0.3 is 0 Å². The number of nitrogens with zero attached hydrogens (tertiary/aromatic N) is 1. The van der Waals surface area contributed by atoms with Gasteiger partial charge in [0.05, 0.1) is 6.10 Å². The van der Waals surface area contributed by atoms with Crippen molar-refractivity contribution in [2.75, 3.05) is 13.1 Å². The number of rotatable bonds is 4. The maximum atomic E-state index is 10.1. The predicted molar refractivity (Wildman–Crippen MR) is 86.3 cm³/mol. The van der Waals surface area contributed by atoms with Gasteiger partial charge in [0, 0.05) is 36.1 Å². The molecule has 3 N–H and O–H groups in total. The molecule has 3 nitrogen and oxygen atoms in total. The van der Waals surface area contributed by atoms with Gasteiger partial charge in [-0.15, -0.1) is 0 Å². The molecule has 0 radical (unpaired) electrons. The molecule has 1 saturated carbocycles. The second-order valence-corrected chi connectivity index (χ2v) is 7.03. The smallest absolute Gasteiger partial charge is 0.0583 e. The van der Waals surface area contributed by atoms with Crippen LogP contribution in [0.2, 0.25) is 5.02 Å². The summed E-state index contributed by atoms with van der Waals surface area (Å²) in [6, 6.07) is 8.36. The van der Waals surface area contributed by atoms with E-state index < -0.39 is 0 Å². The van der Waals surface area contributed by atoms with E-state index in [9.17, 15) is 5.11 Å². The van der Waals surface area contributed by atoms with Gasteiger partial charge in [-0.1, -0.05) is 30.7 Å². The molecule has 5 atom stereocenters. The van der Waals surface area contributed by atoms with E-state index in [0.29, 0.717) is 11.8 Å². The van der Waals surface area contributed by atoms with E-state index in [-0.39, 0.29) is 18.2 Å². The van der Waals surface area contributed by atoms with E-state index in [2.05, 4.69) is 17.9 Å². The predicted octanol–water partition coefficient (Wildman–Crippen LogP) is 2.82. The summed E-state index contributed by atoms with van der Waals surface area (Å²) in [5.41, 5.74) is 7.62. The lowest BCUT2D eigenvalue weighted by molar-refractivity contribution is 0.114. The first kappa shape index (κ1) is 15.3. The third-order valence-corrected chi connectivity index (χ3v) is 5.54. The third kappa shape index (κ3) is 2.98. The molecule has 1 aliphatic heterocycles. The third-order valence-electron chi connectivity index (χ3n) is 5.31. The zero-order chi connectivity index (χ0) is 15.0. The quantitative estimate of drug-likeness (QED) is 0.899. The van der Waals surface area contributed by atoms with E-state index in [0.717, 1.165) is 37.4 Å². The van der Waals surface area contributed by atoms with Gasteiger partial charge in [-0.3, -0.25) is 4.90 Å². The van der Waals surface area contributed by atoms with Gasteiger partial charge in [0.25, 0.3) is 0 Å². The van der Waals surface area contributed by atoms with E-state index >= 15 is 0 Å². The van der Waals surface area contributed by atoms with Gasteiger partial charge in [-0.05, 0) is 42.9 Å². The van der Waals surface area contributed by atoms with Crippen LogP contribution in [0, 0.1) is 11.8 Å². The number of halogens is 1. The van der Waals surface area contributed by atoms with Crippen molar-refractivity contribution in [2.24, 2.45) is 17.6 Å². The molecule has 0 amide bonds. The second-order valence-electron chi connectivity index (χ2n) is 6.59. The number of nitrogens with two attached hydrogens (primary N) is 1. The lowest BCUT2D eigenvalue weighted by atomic mass is 9.96. The highest BCUT2D eigenvalue weighted by molar-refractivity contribution is 6.30. The van der Waals surface area contributed by atoms with Crippen LogP contribution in [0.1, 0.15) is 37.8 Å². The molecular formula is C17H25ClN2O. The van der Waals surface area contributed by atoms with E-state index in [4.69, 9.17) is 17.3 Å². The Morgan fingerprint density at radius 2 is 2.19 bits per heavy atom. The SMILES string of the molecule is CCC(N)C(c1cccc(Cl)c1)N1CC2CCC(O)C2C1. The lowest BCUT2D eigenvalue weighted by Crippen LogP contribution is -2.40. The highest BCUT2D eigenvalue weighted by Crippen LogP contribution is 2.42. The average molecular weight is 309 g/mol. The minimum absolute atomic E-state index is 0.0967. The number of hydrogen-bond donors (Lipinski definition) is 2. The summed E-state index contributed by atoms with van der Waals surface area (Å²) in [4.78, 5) is 2.47. The average Bonchev–Trinajstić information content (AvgIpc) is 3.02. The molecule has 0 spiro atoms. The van der Waals surface area contributed by atoms with Crippen LogP contribution in [0.4, 0.5) is 0 Å². The Kier molecular flexibility index (Phi) is 4.55. The monoisotopic (exact) mass is 308 g/mol. The van der Waals surface area contributed by atoms with E-state index in [1.54, 1.807) is 0 Å². The largest absolute Gasteiger partial charge is 0.393 e. The molecular weight excluding hydrogens is 284 g/mol. The summed E-state index contributed by atoms with van der Waals surface area (Å²) in [5, 5.41) is 10.9. The van der Waals surface area contributed by atoms with Crippen molar-refractivity contribution in [1.82, 2.24) is 4.90 Å². The molecule has 1 saturated heterocycles. The topological polar surface area (TPSA) is 49.5 Å². The van der Waals surface area contributed by atoms with Crippen LogP contribution in [0.5, 0.6) is 0 Å². The summed E-state index contributed by atoms with van der Waals surface area (Å²) in [5.74, 6) is 1.06. The fourth-order valence-electron chi connectivity index (χ4n) is 4.14. The maximum Gasteiger partial charge on any atom is 0.0583 e. The van der Waals surface area contributed by atoms with Crippen LogP contribution < -0.4 is 5.73 Å². The number of fused-ring (bicyclic) bond motifs is 1. The Balaban J connectivity index is 1.84. The Bertz CT molecular complexity index is 495. The Labute approximate surface area is 132 Å². The second kappa shape index (κ2) is 6.25.